The van der Waals surface area contributed by atoms with Gasteiger partial charge in [-0.1, -0.05) is 11.6 Å². The van der Waals surface area contributed by atoms with Gasteiger partial charge in [-0.3, -0.25) is 0 Å². The topological polar surface area (TPSA) is 91.7 Å². The number of aromatic nitrogens is 1. The zero-order chi connectivity index (χ0) is 13.9. The number of carboxylic acid groups (broad SMARTS) is 1. The summed E-state index contributed by atoms with van der Waals surface area (Å²) in [4.78, 5) is 14.9. The van der Waals surface area contributed by atoms with Gasteiger partial charge in [0.05, 0.1) is 17.2 Å². The van der Waals surface area contributed by atoms with Crippen LogP contribution in [0.5, 0.6) is 0 Å². The average molecular weight is 287 g/mol. The van der Waals surface area contributed by atoms with Crippen molar-refractivity contribution in [2.75, 3.05) is 25.1 Å². The number of rotatable bonds is 4. The van der Waals surface area contributed by atoms with E-state index in [4.69, 9.17) is 21.4 Å². The molecule has 0 spiro atoms. The molecule has 1 aromatic heterocycles. The van der Waals surface area contributed by atoms with Crippen LogP contribution in [0.25, 0.3) is 0 Å². The minimum atomic E-state index is -1.18. The third-order valence-electron chi connectivity index (χ3n) is 3.19. The predicted molar refractivity (Wildman–Crippen MR) is 69.7 cm³/mol. The first-order valence-corrected chi connectivity index (χ1v) is 6.31. The Kier molecular flexibility index (Phi) is 4.24. The Morgan fingerprint density at radius 1 is 1.47 bits per heavy atom. The van der Waals surface area contributed by atoms with Crippen molar-refractivity contribution in [1.29, 1.82) is 0 Å². The van der Waals surface area contributed by atoms with Crippen LogP contribution in [0.15, 0.2) is 12.1 Å². The van der Waals surface area contributed by atoms with E-state index < -0.39 is 11.5 Å². The molecule has 0 radical (unpaired) electrons. The predicted octanol–water partition coefficient (Wildman–Crippen LogP) is 1.39. The van der Waals surface area contributed by atoms with E-state index in [9.17, 15) is 9.90 Å². The molecule has 0 amide bonds. The number of aliphatic hydroxyl groups excluding tert-OH is 1. The van der Waals surface area contributed by atoms with Crippen LogP contribution in [-0.4, -0.2) is 46.5 Å². The van der Waals surface area contributed by atoms with Crippen molar-refractivity contribution in [3.05, 3.63) is 22.8 Å². The van der Waals surface area contributed by atoms with Gasteiger partial charge >= 0.3 is 5.97 Å². The van der Waals surface area contributed by atoms with Gasteiger partial charge in [0.1, 0.15) is 5.82 Å². The molecule has 1 aliphatic heterocycles. The van der Waals surface area contributed by atoms with Gasteiger partial charge in [-0.05, 0) is 25.0 Å². The molecule has 104 valence electrons. The van der Waals surface area contributed by atoms with Crippen LogP contribution in [0, 0.1) is 0 Å². The Bertz CT molecular complexity index is 475. The van der Waals surface area contributed by atoms with E-state index in [0.29, 0.717) is 31.9 Å². The number of hydrogen-bond acceptors (Lipinski definition) is 5. The van der Waals surface area contributed by atoms with Crippen molar-refractivity contribution in [3.8, 4) is 0 Å². The van der Waals surface area contributed by atoms with Crippen molar-refractivity contribution in [2.45, 2.75) is 18.4 Å². The van der Waals surface area contributed by atoms with Crippen LogP contribution in [0.4, 0.5) is 5.82 Å². The van der Waals surface area contributed by atoms with Crippen molar-refractivity contribution >= 4 is 23.4 Å². The highest BCUT2D eigenvalue weighted by atomic mass is 35.5. The monoisotopic (exact) mass is 286 g/mol. The summed E-state index contributed by atoms with van der Waals surface area (Å²) in [6.45, 7) is 1.03. The number of hydrogen-bond donors (Lipinski definition) is 3. The lowest BCUT2D eigenvalue weighted by molar-refractivity contribution is 0.0378. The molecule has 1 aromatic rings. The lowest BCUT2D eigenvalue weighted by Gasteiger charge is -2.36. The van der Waals surface area contributed by atoms with Gasteiger partial charge in [-0.2, -0.15) is 0 Å². The molecular weight excluding hydrogens is 272 g/mol. The second kappa shape index (κ2) is 5.73. The van der Waals surface area contributed by atoms with E-state index in [1.807, 2.05) is 0 Å². The number of ether oxygens (including phenoxy) is 1. The van der Waals surface area contributed by atoms with Crippen LogP contribution in [0.2, 0.25) is 5.02 Å². The van der Waals surface area contributed by atoms with E-state index in [-0.39, 0.29) is 17.3 Å². The SMILES string of the molecule is O=C(O)c1nc(NC2(CO)CCOCC2)ccc1Cl. The number of carboxylic acids is 1. The Morgan fingerprint density at radius 3 is 2.74 bits per heavy atom. The zero-order valence-corrected chi connectivity index (χ0v) is 11.0. The molecule has 0 aromatic carbocycles. The molecule has 3 N–H and O–H groups in total. The Hall–Kier alpha value is -1.37. The smallest absolute Gasteiger partial charge is 0.356 e. The minimum absolute atomic E-state index is 0.0664. The molecule has 0 atom stereocenters. The molecule has 2 rings (SSSR count). The number of anilines is 1. The fraction of sp³-hybridized carbons (Fsp3) is 0.500. The Morgan fingerprint density at radius 2 is 2.16 bits per heavy atom. The molecule has 0 saturated carbocycles. The third kappa shape index (κ3) is 3.15. The van der Waals surface area contributed by atoms with Crippen LogP contribution in [0.3, 0.4) is 0 Å². The van der Waals surface area contributed by atoms with E-state index in [0.717, 1.165) is 0 Å². The van der Waals surface area contributed by atoms with E-state index >= 15 is 0 Å². The fourth-order valence-electron chi connectivity index (χ4n) is 2.02. The zero-order valence-electron chi connectivity index (χ0n) is 10.2. The Labute approximate surface area is 115 Å². The molecule has 0 bridgehead atoms. The van der Waals surface area contributed by atoms with Crippen LogP contribution >= 0.6 is 11.6 Å². The van der Waals surface area contributed by atoms with Gasteiger partial charge in [-0.15, -0.1) is 0 Å². The van der Waals surface area contributed by atoms with E-state index in [2.05, 4.69) is 10.3 Å². The Balaban J connectivity index is 2.22. The summed E-state index contributed by atoms with van der Waals surface area (Å²) in [7, 11) is 0. The molecular formula is C12H15ClN2O4. The lowest BCUT2D eigenvalue weighted by Crippen LogP contribution is -2.47. The number of carbonyl (C=O) groups is 1. The highest BCUT2D eigenvalue weighted by Gasteiger charge is 2.32. The largest absolute Gasteiger partial charge is 0.476 e. The molecule has 6 nitrogen and oxygen atoms in total. The fourth-order valence-corrected chi connectivity index (χ4v) is 2.20. The summed E-state index contributed by atoms with van der Waals surface area (Å²) in [5.41, 5.74) is -0.721. The minimum Gasteiger partial charge on any atom is -0.476 e. The maximum atomic E-state index is 11.0. The van der Waals surface area contributed by atoms with Crippen molar-refractivity contribution in [3.63, 3.8) is 0 Å². The molecule has 7 heteroatoms. The molecule has 1 saturated heterocycles. The highest BCUT2D eigenvalue weighted by molar-refractivity contribution is 6.33. The lowest BCUT2D eigenvalue weighted by atomic mass is 9.91. The van der Waals surface area contributed by atoms with Gasteiger partial charge in [-0.25, -0.2) is 9.78 Å². The quantitative estimate of drug-likeness (QED) is 0.775. The number of halogens is 1. The summed E-state index contributed by atoms with van der Waals surface area (Å²) in [6, 6.07) is 3.08. The van der Waals surface area contributed by atoms with Gasteiger partial charge in [0.15, 0.2) is 5.69 Å². The molecule has 19 heavy (non-hydrogen) atoms. The molecule has 0 unspecified atom stereocenters. The van der Waals surface area contributed by atoms with Crippen LogP contribution < -0.4 is 5.32 Å². The number of aromatic carboxylic acids is 1. The maximum Gasteiger partial charge on any atom is 0.356 e. The van der Waals surface area contributed by atoms with Gasteiger partial charge in [0.25, 0.3) is 0 Å². The number of pyridine rings is 1. The standard InChI is InChI=1S/C12H15ClN2O4/c13-8-1-2-9(14-10(8)11(17)18)15-12(7-16)3-5-19-6-4-12/h1-2,16H,3-7H2,(H,14,15)(H,17,18). The summed E-state index contributed by atoms with van der Waals surface area (Å²) in [5.74, 6) is -0.795. The summed E-state index contributed by atoms with van der Waals surface area (Å²) in [5, 5.41) is 21.7. The number of aliphatic hydroxyl groups is 1. The molecule has 2 heterocycles. The van der Waals surface area contributed by atoms with Crippen LogP contribution in [-0.2, 0) is 4.74 Å². The van der Waals surface area contributed by atoms with Crippen molar-refractivity contribution in [1.82, 2.24) is 4.98 Å². The number of nitrogens with zero attached hydrogens (tertiary/aromatic N) is 1. The van der Waals surface area contributed by atoms with Gasteiger partial charge in [0.2, 0.25) is 0 Å². The van der Waals surface area contributed by atoms with Gasteiger partial charge < -0.3 is 20.3 Å². The van der Waals surface area contributed by atoms with Crippen LogP contribution in [0.1, 0.15) is 23.3 Å². The first-order valence-electron chi connectivity index (χ1n) is 5.93. The second-order valence-electron chi connectivity index (χ2n) is 4.51. The second-order valence-corrected chi connectivity index (χ2v) is 4.92. The number of nitrogens with one attached hydrogen (secondary N) is 1. The third-order valence-corrected chi connectivity index (χ3v) is 3.50. The molecule has 1 fully saturated rings. The molecule has 1 aliphatic rings. The molecule has 0 aliphatic carbocycles. The highest BCUT2D eigenvalue weighted by Crippen LogP contribution is 2.26. The first-order chi connectivity index (χ1) is 9.06. The van der Waals surface area contributed by atoms with Crippen molar-refractivity contribution < 1.29 is 19.7 Å². The maximum absolute atomic E-state index is 11.0. The summed E-state index contributed by atoms with van der Waals surface area (Å²) >= 11 is 5.76. The van der Waals surface area contributed by atoms with Gasteiger partial charge in [0, 0.05) is 13.2 Å². The van der Waals surface area contributed by atoms with Crippen molar-refractivity contribution in [2.24, 2.45) is 0 Å². The van der Waals surface area contributed by atoms with E-state index in [1.165, 1.54) is 6.07 Å². The van der Waals surface area contributed by atoms with E-state index in [1.54, 1.807) is 6.07 Å². The normalized spacial score (nSPS) is 18.0. The average Bonchev–Trinajstić information content (AvgIpc) is 2.42. The summed E-state index contributed by atoms with van der Waals surface area (Å²) in [6.07, 6.45) is 1.27. The first kappa shape index (κ1) is 14.0. The summed E-state index contributed by atoms with van der Waals surface area (Å²) < 4.78 is 5.26.